The molecule has 0 aliphatic carbocycles. The molecule has 1 aromatic heterocycles. The van der Waals surface area contributed by atoms with Gasteiger partial charge < -0.3 is 30.0 Å². The zero-order valence-corrected chi connectivity index (χ0v) is 20.1. The Bertz CT molecular complexity index is 1000. The fourth-order valence-corrected chi connectivity index (χ4v) is 3.84. The Balaban J connectivity index is 1.52. The van der Waals surface area contributed by atoms with E-state index in [1.54, 1.807) is 14.2 Å². The fraction of sp³-hybridized carbons (Fsp3) is 0.435. The number of hydrogen-bond donors (Lipinski definition) is 2. The third-order valence-corrected chi connectivity index (χ3v) is 5.88. The molecule has 0 saturated carbocycles. The van der Waals surface area contributed by atoms with E-state index < -0.39 is 5.91 Å². The van der Waals surface area contributed by atoms with Gasteiger partial charge in [0.05, 0.1) is 37.9 Å². The summed E-state index contributed by atoms with van der Waals surface area (Å²) in [6.45, 7) is 1.35. The molecule has 3 rings (SSSR count). The SMILES string of the molecule is COc1ccc(COC(=O)CN2CC[C@@H](NC(=O)c3cc(Cl)c(N)nc3OC)[C@H](OC)C2)cc1. The highest BCUT2D eigenvalue weighted by Gasteiger charge is 2.32. The van der Waals surface area contributed by atoms with Crippen LogP contribution in [0.2, 0.25) is 5.02 Å². The standard InChI is InChI=1S/C23H29ClN4O6/c1-31-15-6-4-14(5-7-15)13-34-20(29)12-28-9-8-18(19(11-28)32-2)26-22(30)16-10-17(24)21(25)27-23(16)33-3/h4-7,10,18-19H,8-9,11-13H2,1-3H3,(H2,25,27)(H,26,30)/t18-,19-/m1/s1. The van der Waals surface area contributed by atoms with Crippen molar-refractivity contribution in [3.8, 4) is 11.6 Å². The Morgan fingerprint density at radius 2 is 1.94 bits per heavy atom. The van der Waals surface area contributed by atoms with Crippen LogP contribution < -0.4 is 20.5 Å². The Morgan fingerprint density at radius 3 is 2.59 bits per heavy atom. The molecule has 0 bridgehead atoms. The van der Waals surface area contributed by atoms with Crippen LogP contribution in [0.25, 0.3) is 0 Å². The molecule has 0 unspecified atom stereocenters. The van der Waals surface area contributed by atoms with Crippen LogP contribution in [0, 0.1) is 0 Å². The highest BCUT2D eigenvalue weighted by atomic mass is 35.5. The van der Waals surface area contributed by atoms with Gasteiger partial charge in [0.25, 0.3) is 5.91 Å². The number of halogens is 1. The van der Waals surface area contributed by atoms with Crippen molar-refractivity contribution in [1.29, 1.82) is 0 Å². The quantitative estimate of drug-likeness (QED) is 0.505. The summed E-state index contributed by atoms with van der Waals surface area (Å²) in [6.07, 6.45) is 0.254. The molecule has 1 fully saturated rings. The number of aromatic nitrogens is 1. The van der Waals surface area contributed by atoms with Gasteiger partial charge >= 0.3 is 5.97 Å². The fourth-order valence-electron chi connectivity index (χ4n) is 3.69. The first-order valence-electron chi connectivity index (χ1n) is 10.7. The summed E-state index contributed by atoms with van der Waals surface area (Å²) in [4.78, 5) is 31.1. The number of benzene rings is 1. The number of methoxy groups -OCH3 is 3. The average molecular weight is 493 g/mol. The lowest BCUT2D eigenvalue weighted by Gasteiger charge is -2.37. The number of likely N-dealkylation sites (tertiary alicyclic amines) is 1. The highest BCUT2D eigenvalue weighted by Crippen LogP contribution is 2.25. The molecule has 1 saturated heterocycles. The molecule has 3 N–H and O–H groups in total. The number of hydrogen-bond acceptors (Lipinski definition) is 9. The maximum absolute atomic E-state index is 12.9. The lowest BCUT2D eigenvalue weighted by molar-refractivity contribution is -0.147. The number of amides is 1. The van der Waals surface area contributed by atoms with E-state index in [0.717, 1.165) is 11.3 Å². The molecular formula is C23H29ClN4O6. The summed E-state index contributed by atoms with van der Waals surface area (Å²) in [7, 11) is 4.56. The lowest BCUT2D eigenvalue weighted by atomic mass is 10.0. The Hall–Kier alpha value is -3.08. The first-order valence-corrected chi connectivity index (χ1v) is 11.1. The molecular weight excluding hydrogens is 464 g/mol. The van der Waals surface area contributed by atoms with Gasteiger partial charge in [-0.25, -0.2) is 0 Å². The third kappa shape index (κ3) is 6.49. The van der Waals surface area contributed by atoms with E-state index in [0.29, 0.717) is 19.5 Å². The molecule has 1 aliphatic heterocycles. The van der Waals surface area contributed by atoms with E-state index in [4.69, 9.17) is 36.3 Å². The number of nitrogens with one attached hydrogen (secondary N) is 1. The number of ether oxygens (including phenoxy) is 4. The number of piperidine rings is 1. The van der Waals surface area contributed by atoms with Crippen LogP contribution in [0.3, 0.4) is 0 Å². The van der Waals surface area contributed by atoms with Crippen LogP contribution in [0.4, 0.5) is 5.82 Å². The van der Waals surface area contributed by atoms with E-state index in [1.807, 2.05) is 29.2 Å². The molecule has 11 heteroatoms. The number of nitrogens with zero attached hydrogens (tertiary/aromatic N) is 2. The number of carbonyl (C=O) groups excluding carboxylic acids is 2. The number of nitrogen functional groups attached to an aromatic ring is 1. The number of esters is 1. The van der Waals surface area contributed by atoms with E-state index in [2.05, 4.69) is 10.3 Å². The van der Waals surface area contributed by atoms with E-state index in [-0.39, 0.29) is 53.6 Å². The molecule has 1 amide bonds. The molecule has 1 aliphatic rings. The minimum Gasteiger partial charge on any atom is -0.497 e. The van der Waals surface area contributed by atoms with Gasteiger partial charge in [0.15, 0.2) is 0 Å². The van der Waals surface area contributed by atoms with Crippen molar-refractivity contribution < 1.29 is 28.5 Å². The molecule has 0 spiro atoms. The van der Waals surface area contributed by atoms with Crippen LogP contribution >= 0.6 is 11.6 Å². The summed E-state index contributed by atoms with van der Waals surface area (Å²) in [5, 5.41) is 3.12. The molecule has 2 heterocycles. The second-order valence-electron chi connectivity index (χ2n) is 7.80. The van der Waals surface area contributed by atoms with Gasteiger partial charge in [-0.3, -0.25) is 14.5 Å². The minimum absolute atomic E-state index is 0.0806. The van der Waals surface area contributed by atoms with E-state index in [9.17, 15) is 9.59 Å². The van der Waals surface area contributed by atoms with E-state index >= 15 is 0 Å². The average Bonchev–Trinajstić information content (AvgIpc) is 2.85. The van der Waals surface area contributed by atoms with Gasteiger partial charge in [-0.2, -0.15) is 4.98 Å². The monoisotopic (exact) mass is 492 g/mol. The Morgan fingerprint density at radius 1 is 1.21 bits per heavy atom. The van der Waals surface area contributed by atoms with Crippen molar-refractivity contribution in [2.24, 2.45) is 0 Å². The summed E-state index contributed by atoms with van der Waals surface area (Å²) in [6, 6.07) is 8.48. The predicted molar refractivity (Wildman–Crippen MR) is 126 cm³/mol. The number of nitrogens with two attached hydrogens (primary N) is 1. The summed E-state index contributed by atoms with van der Waals surface area (Å²) < 4.78 is 21.3. The van der Waals surface area contributed by atoms with Crippen molar-refractivity contribution in [3.05, 3.63) is 46.5 Å². The topological polar surface area (TPSA) is 125 Å². The van der Waals surface area contributed by atoms with Crippen molar-refractivity contribution in [2.75, 3.05) is 46.7 Å². The van der Waals surface area contributed by atoms with Crippen LogP contribution in [0.5, 0.6) is 11.6 Å². The van der Waals surface area contributed by atoms with E-state index in [1.165, 1.54) is 13.2 Å². The first-order chi connectivity index (χ1) is 16.3. The lowest BCUT2D eigenvalue weighted by Crippen LogP contribution is -2.55. The summed E-state index contributed by atoms with van der Waals surface area (Å²) >= 11 is 6.03. The van der Waals surface area contributed by atoms with Crippen LogP contribution in [-0.2, 0) is 20.9 Å². The Labute approximate surface area is 203 Å². The van der Waals surface area contributed by atoms with Crippen LogP contribution in [0.1, 0.15) is 22.3 Å². The van der Waals surface area contributed by atoms with Crippen molar-refractivity contribution in [1.82, 2.24) is 15.2 Å². The van der Waals surface area contributed by atoms with Crippen LogP contribution in [-0.4, -0.2) is 74.9 Å². The molecule has 1 aromatic carbocycles. The second kappa shape index (κ2) is 11.9. The molecule has 2 atom stereocenters. The maximum Gasteiger partial charge on any atom is 0.320 e. The number of pyridine rings is 1. The largest absolute Gasteiger partial charge is 0.497 e. The molecule has 34 heavy (non-hydrogen) atoms. The maximum atomic E-state index is 12.9. The van der Waals surface area contributed by atoms with Gasteiger partial charge in [0, 0.05) is 20.2 Å². The molecule has 2 aromatic rings. The predicted octanol–water partition coefficient (Wildman–Crippen LogP) is 1.90. The molecule has 184 valence electrons. The molecule has 10 nitrogen and oxygen atoms in total. The smallest absolute Gasteiger partial charge is 0.320 e. The highest BCUT2D eigenvalue weighted by molar-refractivity contribution is 6.33. The van der Waals surface area contributed by atoms with Gasteiger partial charge in [-0.05, 0) is 30.2 Å². The molecule has 0 radical (unpaired) electrons. The van der Waals surface area contributed by atoms with Gasteiger partial charge in [0.1, 0.15) is 23.7 Å². The van der Waals surface area contributed by atoms with Crippen LogP contribution in [0.15, 0.2) is 30.3 Å². The van der Waals surface area contributed by atoms with Crippen molar-refractivity contribution in [2.45, 2.75) is 25.2 Å². The summed E-state index contributed by atoms with van der Waals surface area (Å²) in [5.74, 6) is 0.179. The number of anilines is 1. The first kappa shape index (κ1) is 25.5. The van der Waals surface area contributed by atoms with Crippen molar-refractivity contribution in [3.63, 3.8) is 0 Å². The number of carbonyl (C=O) groups is 2. The summed E-state index contributed by atoms with van der Waals surface area (Å²) in [5.41, 5.74) is 6.75. The van der Waals surface area contributed by atoms with Crippen molar-refractivity contribution >= 4 is 29.3 Å². The third-order valence-electron chi connectivity index (χ3n) is 5.58. The minimum atomic E-state index is -0.398. The normalized spacial score (nSPS) is 18.2. The Kier molecular flexibility index (Phi) is 8.91. The van der Waals surface area contributed by atoms with Gasteiger partial charge in [-0.15, -0.1) is 0 Å². The second-order valence-corrected chi connectivity index (χ2v) is 8.21. The number of rotatable bonds is 9. The van der Waals surface area contributed by atoms with Gasteiger partial charge in [0.2, 0.25) is 5.88 Å². The zero-order chi connectivity index (χ0) is 24.7. The van der Waals surface area contributed by atoms with Gasteiger partial charge in [-0.1, -0.05) is 23.7 Å². The zero-order valence-electron chi connectivity index (χ0n) is 19.4.